The summed E-state index contributed by atoms with van der Waals surface area (Å²) in [5.41, 5.74) is 5.62. The molecule has 1 aliphatic carbocycles. The van der Waals surface area contributed by atoms with Gasteiger partial charge in [-0.05, 0) is 64.7 Å². The number of ether oxygens (including phenoxy) is 1. The number of esters is 1. The lowest BCUT2D eigenvalue weighted by Crippen LogP contribution is -2.18. The first-order valence-electron chi connectivity index (χ1n) is 10.5. The van der Waals surface area contributed by atoms with Crippen molar-refractivity contribution < 1.29 is 9.53 Å². The van der Waals surface area contributed by atoms with E-state index in [4.69, 9.17) is 4.74 Å². The summed E-state index contributed by atoms with van der Waals surface area (Å²) >= 11 is 0. The second kappa shape index (κ2) is 7.89. The molecule has 0 heterocycles. The summed E-state index contributed by atoms with van der Waals surface area (Å²) in [6.07, 6.45) is 7.03. The Morgan fingerprint density at radius 2 is 1.64 bits per heavy atom. The van der Waals surface area contributed by atoms with E-state index in [0.717, 1.165) is 12.0 Å². The Hall–Kier alpha value is -1.83. The van der Waals surface area contributed by atoms with Crippen LogP contribution in [-0.2, 0) is 25.8 Å². The molecule has 1 aliphatic rings. The van der Waals surface area contributed by atoms with Crippen LogP contribution >= 0.6 is 0 Å². The van der Waals surface area contributed by atoms with E-state index in [0.29, 0.717) is 12.5 Å². The van der Waals surface area contributed by atoms with Crippen LogP contribution in [0, 0.1) is 5.92 Å². The molecule has 0 N–H and O–H groups in total. The minimum atomic E-state index is -0.268. The van der Waals surface area contributed by atoms with Gasteiger partial charge in [0, 0.05) is 6.08 Å². The number of benzene rings is 1. The molecule has 1 saturated carbocycles. The molecule has 0 radical (unpaired) electrons. The Morgan fingerprint density at radius 1 is 1.11 bits per heavy atom. The van der Waals surface area contributed by atoms with Crippen LogP contribution in [0.15, 0.2) is 42.0 Å². The second-order valence-corrected chi connectivity index (χ2v) is 10.5. The molecule has 28 heavy (non-hydrogen) atoms. The monoisotopic (exact) mass is 382 g/mol. The third-order valence-electron chi connectivity index (χ3n) is 5.85. The van der Waals surface area contributed by atoms with Crippen molar-refractivity contribution in [1.82, 2.24) is 0 Å². The first-order chi connectivity index (χ1) is 12.8. The summed E-state index contributed by atoms with van der Waals surface area (Å²) in [5, 5.41) is 0. The maximum Gasteiger partial charge on any atom is 0.330 e. The second-order valence-electron chi connectivity index (χ2n) is 10.5. The molecule has 0 spiro atoms. The zero-order chi connectivity index (χ0) is 21.3. The Balaban J connectivity index is 2.28. The maximum atomic E-state index is 11.6. The van der Waals surface area contributed by atoms with Gasteiger partial charge in [0.05, 0.1) is 6.61 Å². The van der Waals surface area contributed by atoms with Crippen LogP contribution in [0.3, 0.4) is 0 Å². The molecule has 0 saturated heterocycles. The fourth-order valence-electron chi connectivity index (χ4n) is 3.52. The average molecular weight is 383 g/mol. The minimum Gasteiger partial charge on any atom is -0.463 e. The Morgan fingerprint density at radius 3 is 2.11 bits per heavy atom. The summed E-state index contributed by atoms with van der Waals surface area (Å²) in [7, 11) is 0. The van der Waals surface area contributed by atoms with Crippen LogP contribution < -0.4 is 0 Å². The average Bonchev–Trinajstić information content (AvgIpc) is 3.23. The van der Waals surface area contributed by atoms with Gasteiger partial charge in [-0.15, -0.1) is 0 Å². The number of carbonyl (C=O) groups excluding carboxylic acids is 1. The van der Waals surface area contributed by atoms with Crippen LogP contribution in [0.2, 0.25) is 0 Å². The van der Waals surface area contributed by atoms with E-state index >= 15 is 0 Å². The molecule has 1 aromatic rings. The highest BCUT2D eigenvalue weighted by molar-refractivity contribution is 5.83. The van der Waals surface area contributed by atoms with Crippen molar-refractivity contribution in [3.63, 3.8) is 0 Å². The highest BCUT2D eigenvalue weighted by Crippen LogP contribution is 2.55. The van der Waals surface area contributed by atoms with Crippen molar-refractivity contribution in [2.75, 3.05) is 6.61 Å². The summed E-state index contributed by atoms with van der Waals surface area (Å²) in [5.74, 6) is 0.233. The zero-order valence-electron chi connectivity index (χ0n) is 19.3. The normalized spacial score (nSPS) is 23.2. The SMILES string of the molecule is CCOC(=O)/C=C(C)/C=C/[C@@H]1C[C@]1(C)c1cc(C(C)(C)C)cc(C(C)(C)C)c1. The quantitative estimate of drug-likeness (QED) is 0.325. The van der Waals surface area contributed by atoms with Crippen LogP contribution in [0.25, 0.3) is 0 Å². The molecule has 0 unspecified atom stereocenters. The number of hydrogen-bond acceptors (Lipinski definition) is 2. The van der Waals surface area contributed by atoms with Crippen molar-refractivity contribution in [2.24, 2.45) is 5.92 Å². The van der Waals surface area contributed by atoms with Gasteiger partial charge in [-0.2, -0.15) is 0 Å². The van der Waals surface area contributed by atoms with E-state index in [1.807, 2.05) is 13.8 Å². The Kier molecular flexibility index (Phi) is 6.33. The van der Waals surface area contributed by atoms with Gasteiger partial charge < -0.3 is 4.74 Å². The largest absolute Gasteiger partial charge is 0.463 e. The topological polar surface area (TPSA) is 26.3 Å². The third kappa shape index (κ3) is 5.37. The molecule has 2 atom stereocenters. The van der Waals surface area contributed by atoms with Gasteiger partial charge in [-0.3, -0.25) is 0 Å². The number of rotatable bonds is 5. The molecule has 1 fully saturated rings. The Labute approximate surface area is 172 Å². The van der Waals surface area contributed by atoms with Crippen molar-refractivity contribution in [2.45, 2.75) is 85.0 Å². The Bertz CT molecular complexity index is 751. The lowest BCUT2D eigenvalue weighted by atomic mass is 9.77. The van der Waals surface area contributed by atoms with Gasteiger partial charge >= 0.3 is 5.97 Å². The summed E-state index contributed by atoms with van der Waals surface area (Å²) in [4.78, 5) is 11.6. The first-order valence-corrected chi connectivity index (χ1v) is 10.5. The third-order valence-corrected chi connectivity index (χ3v) is 5.85. The first kappa shape index (κ1) is 22.5. The fraction of sp³-hybridized carbons (Fsp3) is 0.577. The van der Waals surface area contributed by atoms with Gasteiger partial charge in [0.15, 0.2) is 0 Å². The van der Waals surface area contributed by atoms with Gasteiger partial charge in [0.25, 0.3) is 0 Å². The van der Waals surface area contributed by atoms with Crippen LogP contribution in [-0.4, -0.2) is 12.6 Å². The smallest absolute Gasteiger partial charge is 0.330 e. The molecule has 2 heteroatoms. The lowest BCUT2D eigenvalue weighted by Gasteiger charge is -2.27. The molecule has 2 rings (SSSR count). The van der Waals surface area contributed by atoms with E-state index in [-0.39, 0.29) is 22.2 Å². The predicted octanol–water partition coefficient (Wildman–Crippen LogP) is 6.62. The fourth-order valence-corrected chi connectivity index (χ4v) is 3.52. The highest BCUT2D eigenvalue weighted by atomic mass is 16.5. The van der Waals surface area contributed by atoms with Gasteiger partial charge in [0.2, 0.25) is 0 Å². The molecule has 0 aromatic heterocycles. The maximum absolute atomic E-state index is 11.6. The van der Waals surface area contributed by atoms with E-state index in [1.165, 1.54) is 16.7 Å². The van der Waals surface area contributed by atoms with Crippen LogP contribution in [0.4, 0.5) is 0 Å². The number of carbonyl (C=O) groups is 1. The van der Waals surface area contributed by atoms with Gasteiger partial charge in [-0.1, -0.05) is 78.8 Å². The van der Waals surface area contributed by atoms with Crippen molar-refractivity contribution in [3.8, 4) is 0 Å². The standard InChI is InChI=1S/C26H38O2/c1-10-28-23(27)13-18(2)11-12-19-17-26(19,9)22-15-20(24(3,4)5)14-21(16-22)25(6,7)8/h11-16,19H,10,17H2,1-9H3/b12-11+,18-13+/t19-,26+/m1/s1. The zero-order valence-corrected chi connectivity index (χ0v) is 19.3. The number of hydrogen-bond donors (Lipinski definition) is 0. The van der Waals surface area contributed by atoms with E-state index in [1.54, 1.807) is 6.08 Å². The van der Waals surface area contributed by atoms with Crippen LogP contribution in [0.1, 0.15) is 85.4 Å². The van der Waals surface area contributed by atoms with Crippen molar-refractivity contribution in [1.29, 1.82) is 0 Å². The molecule has 0 amide bonds. The summed E-state index contributed by atoms with van der Waals surface area (Å²) < 4.78 is 4.99. The number of allylic oxidation sites excluding steroid dienone is 3. The molecule has 154 valence electrons. The molecule has 0 aliphatic heterocycles. The molecule has 2 nitrogen and oxygen atoms in total. The molecular formula is C26H38O2. The molecule has 0 bridgehead atoms. The molecular weight excluding hydrogens is 344 g/mol. The summed E-state index contributed by atoms with van der Waals surface area (Å²) in [6, 6.07) is 7.20. The van der Waals surface area contributed by atoms with Gasteiger partial charge in [-0.25, -0.2) is 4.79 Å². The van der Waals surface area contributed by atoms with E-state index < -0.39 is 0 Å². The van der Waals surface area contributed by atoms with Crippen LogP contribution in [0.5, 0.6) is 0 Å². The highest BCUT2D eigenvalue weighted by Gasteiger charge is 2.50. The predicted molar refractivity (Wildman–Crippen MR) is 119 cm³/mol. The lowest BCUT2D eigenvalue weighted by molar-refractivity contribution is -0.137. The van der Waals surface area contributed by atoms with Crippen molar-refractivity contribution >= 4 is 5.97 Å². The molecule has 1 aromatic carbocycles. The minimum absolute atomic E-state index is 0.131. The van der Waals surface area contributed by atoms with Crippen molar-refractivity contribution in [3.05, 3.63) is 58.7 Å². The van der Waals surface area contributed by atoms with E-state index in [9.17, 15) is 4.79 Å². The van der Waals surface area contributed by atoms with Gasteiger partial charge in [0.1, 0.15) is 0 Å². The summed E-state index contributed by atoms with van der Waals surface area (Å²) in [6.45, 7) is 20.3. The van der Waals surface area contributed by atoms with E-state index in [2.05, 4.69) is 78.8 Å².